The van der Waals surface area contributed by atoms with E-state index in [4.69, 9.17) is 9.47 Å². The summed E-state index contributed by atoms with van der Waals surface area (Å²) in [6, 6.07) is 16.5. The van der Waals surface area contributed by atoms with Crippen molar-refractivity contribution < 1.29 is 14.3 Å². The van der Waals surface area contributed by atoms with Crippen molar-refractivity contribution in [1.82, 2.24) is 0 Å². The summed E-state index contributed by atoms with van der Waals surface area (Å²) in [6.07, 6.45) is 3.74. The van der Waals surface area contributed by atoms with E-state index in [0.29, 0.717) is 0 Å². The van der Waals surface area contributed by atoms with Crippen molar-refractivity contribution in [2.24, 2.45) is 0 Å². The second kappa shape index (κ2) is 6.30. The Bertz CT molecular complexity index is 709. The average molecular weight is 336 g/mol. The lowest BCUT2D eigenvalue weighted by molar-refractivity contribution is -0.150. The van der Waals surface area contributed by atoms with E-state index in [0.717, 1.165) is 36.8 Å². The van der Waals surface area contributed by atoms with Crippen molar-refractivity contribution in [2.45, 2.75) is 57.3 Å². The van der Waals surface area contributed by atoms with Crippen LogP contribution in [0.5, 0.6) is 0 Å². The average Bonchev–Trinajstić information content (AvgIpc) is 3.17. The first-order valence-corrected chi connectivity index (χ1v) is 9.12. The van der Waals surface area contributed by atoms with E-state index in [1.165, 1.54) is 11.1 Å². The summed E-state index contributed by atoms with van der Waals surface area (Å²) in [6.45, 7) is 4.11. The third-order valence-electron chi connectivity index (χ3n) is 5.38. The minimum atomic E-state index is -0.711. The number of ether oxygens (including phenoxy) is 2. The lowest BCUT2D eigenvalue weighted by Crippen LogP contribution is -2.25. The van der Waals surface area contributed by atoms with Crippen LogP contribution >= 0.6 is 0 Å². The lowest BCUT2D eigenvalue weighted by atomic mass is 9.87. The van der Waals surface area contributed by atoms with Gasteiger partial charge < -0.3 is 9.47 Å². The summed E-state index contributed by atoms with van der Waals surface area (Å²) in [4.78, 5) is 12.7. The van der Waals surface area contributed by atoms with Gasteiger partial charge in [0, 0.05) is 0 Å². The molecule has 2 fully saturated rings. The Kier molecular flexibility index (Phi) is 4.12. The first-order valence-electron chi connectivity index (χ1n) is 9.12. The van der Waals surface area contributed by atoms with Gasteiger partial charge in [-0.2, -0.15) is 0 Å². The largest absolute Gasteiger partial charge is 0.460 e. The molecule has 0 amide bonds. The molecule has 130 valence electrons. The minimum absolute atomic E-state index is 0.0606. The number of esters is 1. The Morgan fingerprint density at radius 1 is 0.920 bits per heavy atom. The molecule has 25 heavy (non-hydrogen) atoms. The molecule has 1 aliphatic heterocycles. The zero-order valence-corrected chi connectivity index (χ0v) is 14.8. The second-order valence-corrected chi connectivity index (χ2v) is 7.31. The van der Waals surface area contributed by atoms with E-state index in [-0.39, 0.29) is 12.1 Å². The standard InChI is InChI=1S/C22H24O3/c1-15-7-11-17(12-8-15)22(18-13-9-16(2)10-14-18)20(25-22)21(23)24-19-5-3-4-6-19/h7-14,19-20H,3-6H2,1-2H3. The highest BCUT2D eigenvalue weighted by molar-refractivity contribution is 5.82. The van der Waals surface area contributed by atoms with E-state index in [1.807, 2.05) is 0 Å². The lowest BCUT2D eigenvalue weighted by Gasteiger charge is -2.16. The molecule has 1 saturated carbocycles. The summed E-state index contributed by atoms with van der Waals surface area (Å²) >= 11 is 0. The molecule has 2 aliphatic rings. The van der Waals surface area contributed by atoms with Gasteiger partial charge in [0.1, 0.15) is 6.10 Å². The number of benzene rings is 2. The molecule has 0 bridgehead atoms. The molecule has 1 saturated heterocycles. The van der Waals surface area contributed by atoms with E-state index < -0.39 is 11.7 Å². The van der Waals surface area contributed by atoms with Crippen LogP contribution in [0, 0.1) is 13.8 Å². The molecule has 4 rings (SSSR count). The highest BCUT2D eigenvalue weighted by Gasteiger charge is 2.64. The molecular formula is C22H24O3. The van der Waals surface area contributed by atoms with Crippen LogP contribution in [0.3, 0.4) is 0 Å². The van der Waals surface area contributed by atoms with Crippen molar-refractivity contribution in [3.05, 3.63) is 70.8 Å². The molecule has 1 heterocycles. The third-order valence-corrected chi connectivity index (χ3v) is 5.38. The van der Waals surface area contributed by atoms with Gasteiger partial charge in [-0.3, -0.25) is 0 Å². The summed E-state index contributed by atoms with van der Waals surface area (Å²) in [5, 5.41) is 0. The molecule has 0 aromatic heterocycles. The first kappa shape index (κ1) is 16.3. The Hall–Kier alpha value is -2.13. The minimum Gasteiger partial charge on any atom is -0.460 e. The molecule has 1 unspecified atom stereocenters. The predicted octanol–water partition coefficient (Wildman–Crippen LogP) is 4.43. The van der Waals surface area contributed by atoms with Gasteiger partial charge in [0.25, 0.3) is 0 Å². The fourth-order valence-corrected chi connectivity index (χ4v) is 3.81. The van der Waals surface area contributed by atoms with Crippen LogP contribution in [-0.4, -0.2) is 18.2 Å². The SMILES string of the molecule is Cc1ccc(C2(c3ccc(C)cc3)OC2C(=O)OC2CCCC2)cc1. The number of epoxide rings is 1. The first-order chi connectivity index (χ1) is 12.1. The topological polar surface area (TPSA) is 38.8 Å². The normalized spacial score (nSPS) is 21.9. The number of hydrogen-bond acceptors (Lipinski definition) is 3. The maximum absolute atomic E-state index is 12.7. The van der Waals surface area contributed by atoms with Gasteiger partial charge in [-0.1, -0.05) is 59.7 Å². The number of aryl methyl sites for hydroxylation is 2. The van der Waals surface area contributed by atoms with Gasteiger partial charge in [-0.25, -0.2) is 4.79 Å². The van der Waals surface area contributed by atoms with Crippen molar-refractivity contribution >= 4 is 5.97 Å². The highest BCUT2D eigenvalue weighted by Crippen LogP contribution is 2.52. The molecular weight excluding hydrogens is 312 g/mol. The predicted molar refractivity (Wildman–Crippen MR) is 96.4 cm³/mol. The quantitative estimate of drug-likeness (QED) is 0.612. The monoisotopic (exact) mass is 336 g/mol. The maximum atomic E-state index is 12.7. The Morgan fingerprint density at radius 3 is 1.88 bits per heavy atom. The summed E-state index contributed by atoms with van der Waals surface area (Å²) < 4.78 is 11.8. The third kappa shape index (κ3) is 2.98. The van der Waals surface area contributed by atoms with E-state index in [1.54, 1.807) is 0 Å². The van der Waals surface area contributed by atoms with Crippen molar-refractivity contribution in [3.63, 3.8) is 0 Å². The van der Waals surface area contributed by atoms with Gasteiger partial charge >= 0.3 is 5.97 Å². The summed E-state index contributed by atoms with van der Waals surface area (Å²) in [5.74, 6) is -0.229. The second-order valence-electron chi connectivity index (χ2n) is 7.31. The van der Waals surface area contributed by atoms with Gasteiger partial charge in [-0.05, 0) is 50.7 Å². The summed E-state index contributed by atoms with van der Waals surface area (Å²) in [5.41, 5.74) is 3.68. The van der Waals surface area contributed by atoms with Gasteiger partial charge in [0.05, 0.1) is 0 Å². The zero-order chi connectivity index (χ0) is 17.4. The maximum Gasteiger partial charge on any atom is 0.339 e. The van der Waals surface area contributed by atoms with Crippen LogP contribution in [-0.2, 0) is 19.9 Å². The summed E-state index contributed by atoms with van der Waals surface area (Å²) in [7, 11) is 0. The number of hydrogen-bond donors (Lipinski definition) is 0. The van der Waals surface area contributed by atoms with Gasteiger partial charge in [0.15, 0.2) is 11.7 Å². The number of carbonyl (C=O) groups is 1. The molecule has 1 atom stereocenters. The van der Waals surface area contributed by atoms with Crippen LogP contribution in [0.15, 0.2) is 48.5 Å². The fourth-order valence-electron chi connectivity index (χ4n) is 3.81. The van der Waals surface area contributed by atoms with E-state index in [2.05, 4.69) is 62.4 Å². The zero-order valence-electron chi connectivity index (χ0n) is 14.8. The molecule has 0 radical (unpaired) electrons. The van der Waals surface area contributed by atoms with Crippen LogP contribution < -0.4 is 0 Å². The highest BCUT2D eigenvalue weighted by atomic mass is 16.7. The van der Waals surface area contributed by atoms with Crippen LogP contribution in [0.2, 0.25) is 0 Å². The molecule has 1 aliphatic carbocycles. The molecule has 3 nitrogen and oxygen atoms in total. The van der Waals surface area contributed by atoms with E-state index in [9.17, 15) is 4.79 Å². The van der Waals surface area contributed by atoms with Crippen molar-refractivity contribution in [2.75, 3.05) is 0 Å². The van der Waals surface area contributed by atoms with Crippen molar-refractivity contribution in [3.8, 4) is 0 Å². The fraction of sp³-hybridized carbons (Fsp3) is 0.409. The Morgan fingerprint density at radius 2 is 1.40 bits per heavy atom. The number of carbonyl (C=O) groups excluding carboxylic acids is 1. The molecule has 2 aromatic carbocycles. The van der Waals surface area contributed by atoms with Crippen LogP contribution in [0.25, 0.3) is 0 Å². The van der Waals surface area contributed by atoms with E-state index >= 15 is 0 Å². The Balaban J connectivity index is 1.65. The van der Waals surface area contributed by atoms with Crippen LogP contribution in [0.1, 0.15) is 47.9 Å². The smallest absolute Gasteiger partial charge is 0.339 e. The molecule has 0 N–H and O–H groups in total. The van der Waals surface area contributed by atoms with Gasteiger partial charge in [0.2, 0.25) is 0 Å². The van der Waals surface area contributed by atoms with Gasteiger partial charge in [-0.15, -0.1) is 0 Å². The van der Waals surface area contributed by atoms with Crippen molar-refractivity contribution in [1.29, 1.82) is 0 Å². The molecule has 0 spiro atoms. The van der Waals surface area contributed by atoms with Crippen LogP contribution in [0.4, 0.5) is 0 Å². The Labute approximate surface area is 149 Å². The molecule has 3 heteroatoms. The number of rotatable bonds is 4. The molecule has 2 aromatic rings.